The molecule has 0 aliphatic heterocycles. The summed E-state index contributed by atoms with van der Waals surface area (Å²) in [5.74, 6) is 0.154. The van der Waals surface area contributed by atoms with Crippen LogP contribution in [0.15, 0.2) is 29.2 Å². The van der Waals surface area contributed by atoms with Gasteiger partial charge in [-0.15, -0.1) is 13.2 Å². The van der Waals surface area contributed by atoms with E-state index in [1.165, 1.54) is 18.7 Å². The Morgan fingerprint density at radius 2 is 1.83 bits per heavy atom. The Bertz CT molecular complexity index is 601. The van der Waals surface area contributed by atoms with Gasteiger partial charge in [0.25, 0.3) is 0 Å². The lowest BCUT2D eigenvalue weighted by atomic mass is 10.1. The molecule has 1 unspecified atom stereocenters. The Morgan fingerprint density at radius 3 is 2.30 bits per heavy atom. The van der Waals surface area contributed by atoms with Crippen molar-refractivity contribution in [3.63, 3.8) is 0 Å². The molecule has 0 amide bonds. The van der Waals surface area contributed by atoms with Gasteiger partial charge in [0, 0.05) is 6.54 Å². The summed E-state index contributed by atoms with van der Waals surface area (Å²) >= 11 is 1.52. The van der Waals surface area contributed by atoms with Crippen LogP contribution in [0, 0.1) is 0 Å². The summed E-state index contributed by atoms with van der Waals surface area (Å²) in [6.45, 7) is 1.31. The molecule has 0 bridgehead atoms. The number of benzene rings is 1. The molecule has 2 N–H and O–H groups in total. The predicted molar refractivity (Wildman–Crippen MR) is 81.9 cm³/mol. The first-order valence-corrected chi connectivity index (χ1v) is 9.40. The van der Waals surface area contributed by atoms with Gasteiger partial charge in [-0.3, -0.25) is 0 Å². The van der Waals surface area contributed by atoms with Crippen molar-refractivity contribution >= 4 is 21.8 Å². The molecular formula is C13H18F3NO4S2. The summed E-state index contributed by atoms with van der Waals surface area (Å²) in [6, 6.07) is 3.82. The van der Waals surface area contributed by atoms with Crippen molar-refractivity contribution in [2.45, 2.75) is 30.2 Å². The Labute approximate surface area is 137 Å². The molecule has 0 aliphatic rings. The van der Waals surface area contributed by atoms with Crippen LogP contribution in [0.5, 0.6) is 5.75 Å². The van der Waals surface area contributed by atoms with Crippen LogP contribution in [0.1, 0.15) is 13.3 Å². The second-order valence-electron chi connectivity index (χ2n) is 5.08. The number of halogens is 3. The van der Waals surface area contributed by atoms with Crippen LogP contribution in [-0.2, 0) is 10.0 Å². The minimum absolute atomic E-state index is 0.198. The molecule has 0 aromatic heterocycles. The standard InChI is InChI=1S/C13H18F3NO4S2/c1-12(18,7-8-22-2)9-17-23(19,20)11-5-3-10(4-6-11)21-13(14,15)16/h3-6,17-18H,7-9H2,1-2H3. The number of ether oxygens (including phenoxy) is 1. The first-order valence-electron chi connectivity index (χ1n) is 6.52. The quantitative estimate of drug-likeness (QED) is 0.732. The highest BCUT2D eigenvalue weighted by molar-refractivity contribution is 7.98. The molecule has 0 spiro atoms. The molecule has 0 radical (unpaired) electrons. The molecule has 1 atom stereocenters. The molecule has 10 heteroatoms. The SMILES string of the molecule is CSCCC(C)(O)CNS(=O)(=O)c1ccc(OC(F)(F)F)cc1. The molecular weight excluding hydrogens is 355 g/mol. The van der Waals surface area contributed by atoms with Crippen LogP contribution in [0.2, 0.25) is 0 Å². The molecule has 0 saturated heterocycles. The molecule has 132 valence electrons. The van der Waals surface area contributed by atoms with E-state index in [2.05, 4.69) is 9.46 Å². The fraction of sp³-hybridized carbons (Fsp3) is 0.538. The lowest BCUT2D eigenvalue weighted by Gasteiger charge is -2.23. The van der Waals surface area contributed by atoms with E-state index in [0.717, 1.165) is 24.3 Å². The van der Waals surface area contributed by atoms with Crippen LogP contribution >= 0.6 is 11.8 Å². The molecule has 1 rings (SSSR count). The minimum Gasteiger partial charge on any atom is -0.406 e. The van der Waals surface area contributed by atoms with E-state index in [1.807, 2.05) is 6.26 Å². The van der Waals surface area contributed by atoms with Crippen LogP contribution < -0.4 is 9.46 Å². The number of thioether (sulfide) groups is 1. The first kappa shape index (κ1) is 20.1. The highest BCUT2D eigenvalue weighted by atomic mass is 32.2. The summed E-state index contributed by atoms with van der Waals surface area (Å²) in [5, 5.41) is 10.0. The average molecular weight is 373 g/mol. The van der Waals surface area contributed by atoms with Gasteiger partial charge in [0.2, 0.25) is 10.0 Å². The molecule has 0 fully saturated rings. The highest BCUT2D eigenvalue weighted by Crippen LogP contribution is 2.24. The Hall–Kier alpha value is -0.970. The first-order chi connectivity index (χ1) is 10.5. The van der Waals surface area contributed by atoms with Crippen LogP contribution in [0.4, 0.5) is 13.2 Å². The predicted octanol–water partition coefficient (Wildman–Crippen LogP) is 2.37. The van der Waals surface area contributed by atoms with Crippen LogP contribution in [-0.4, -0.2) is 44.0 Å². The number of hydrogen-bond acceptors (Lipinski definition) is 5. The zero-order valence-electron chi connectivity index (χ0n) is 12.6. The van der Waals surface area contributed by atoms with E-state index in [9.17, 15) is 26.7 Å². The van der Waals surface area contributed by atoms with Crippen molar-refractivity contribution in [2.75, 3.05) is 18.6 Å². The van der Waals surface area contributed by atoms with E-state index in [0.29, 0.717) is 12.2 Å². The largest absolute Gasteiger partial charge is 0.573 e. The zero-order chi connectivity index (χ0) is 17.7. The van der Waals surface area contributed by atoms with E-state index >= 15 is 0 Å². The van der Waals surface area contributed by atoms with Crippen molar-refractivity contribution in [2.24, 2.45) is 0 Å². The molecule has 5 nitrogen and oxygen atoms in total. The van der Waals surface area contributed by atoms with Gasteiger partial charge in [0.05, 0.1) is 10.5 Å². The van der Waals surface area contributed by atoms with Crippen molar-refractivity contribution in [3.05, 3.63) is 24.3 Å². The summed E-state index contributed by atoms with van der Waals surface area (Å²) in [7, 11) is -3.93. The number of hydrogen-bond donors (Lipinski definition) is 2. The van der Waals surface area contributed by atoms with Gasteiger partial charge in [0.1, 0.15) is 5.75 Å². The van der Waals surface area contributed by atoms with Gasteiger partial charge in [0.15, 0.2) is 0 Å². The van der Waals surface area contributed by atoms with Crippen molar-refractivity contribution in [1.82, 2.24) is 4.72 Å². The minimum atomic E-state index is -4.84. The maximum atomic E-state index is 12.1. The third-order valence-corrected chi connectivity index (χ3v) is 4.88. The maximum absolute atomic E-state index is 12.1. The number of aliphatic hydroxyl groups is 1. The topological polar surface area (TPSA) is 75.6 Å². The molecule has 1 aromatic carbocycles. The lowest BCUT2D eigenvalue weighted by Crippen LogP contribution is -2.41. The van der Waals surface area contributed by atoms with E-state index < -0.39 is 27.7 Å². The fourth-order valence-corrected chi connectivity index (χ4v) is 3.37. The van der Waals surface area contributed by atoms with E-state index in [-0.39, 0.29) is 11.4 Å². The number of nitrogens with one attached hydrogen (secondary N) is 1. The Balaban J connectivity index is 2.73. The fourth-order valence-electron chi connectivity index (χ4n) is 1.56. The molecule has 0 heterocycles. The van der Waals surface area contributed by atoms with Crippen LogP contribution in [0.3, 0.4) is 0 Å². The van der Waals surface area contributed by atoms with Crippen molar-refractivity contribution < 1.29 is 31.4 Å². The summed E-state index contributed by atoms with van der Waals surface area (Å²) in [4.78, 5) is -0.215. The smallest absolute Gasteiger partial charge is 0.406 e. The van der Waals surface area contributed by atoms with Crippen molar-refractivity contribution in [3.8, 4) is 5.75 Å². The van der Waals surface area contributed by atoms with Gasteiger partial charge < -0.3 is 9.84 Å². The highest BCUT2D eigenvalue weighted by Gasteiger charge is 2.31. The second-order valence-corrected chi connectivity index (χ2v) is 7.84. The van der Waals surface area contributed by atoms with E-state index in [4.69, 9.17) is 0 Å². The third kappa shape index (κ3) is 7.42. The van der Waals surface area contributed by atoms with E-state index in [1.54, 1.807) is 0 Å². The normalized spacial score (nSPS) is 15.2. The summed E-state index contributed by atoms with van der Waals surface area (Å²) < 4.78 is 66.2. The Kier molecular flexibility index (Phi) is 6.75. The van der Waals surface area contributed by atoms with Gasteiger partial charge in [-0.05, 0) is 49.6 Å². The number of rotatable bonds is 8. The van der Waals surface area contributed by atoms with Gasteiger partial charge in [-0.2, -0.15) is 11.8 Å². The van der Waals surface area contributed by atoms with Gasteiger partial charge in [-0.1, -0.05) is 0 Å². The average Bonchev–Trinajstić information content (AvgIpc) is 2.42. The molecule has 1 aromatic rings. The summed E-state index contributed by atoms with van der Waals surface area (Å²) in [6.07, 6.45) is -2.57. The van der Waals surface area contributed by atoms with Crippen LogP contribution in [0.25, 0.3) is 0 Å². The number of sulfonamides is 1. The maximum Gasteiger partial charge on any atom is 0.573 e. The molecule has 23 heavy (non-hydrogen) atoms. The molecule has 0 saturated carbocycles. The van der Waals surface area contributed by atoms with Gasteiger partial charge in [-0.25, -0.2) is 13.1 Å². The van der Waals surface area contributed by atoms with Gasteiger partial charge >= 0.3 is 6.36 Å². The monoisotopic (exact) mass is 373 g/mol. The summed E-state index contributed by atoms with van der Waals surface area (Å²) in [5.41, 5.74) is -1.21. The third-order valence-electron chi connectivity index (χ3n) is 2.86. The Morgan fingerprint density at radius 1 is 1.26 bits per heavy atom. The molecule has 0 aliphatic carbocycles. The second kappa shape index (κ2) is 7.73. The van der Waals surface area contributed by atoms with Crippen molar-refractivity contribution in [1.29, 1.82) is 0 Å². The zero-order valence-corrected chi connectivity index (χ0v) is 14.2. The lowest BCUT2D eigenvalue weighted by molar-refractivity contribution is -0.274. The number of alkyl halides is 3.